The molecule has 85 heavy (non-hydrogen) atoms. The second-order valence-electron chi connectivity index (χ2n) is 25.7. The molecule has 0 aliphatic rings. The molecule has 496 valence electrons. The summed E-state index contributed by atoms with van der Waals surface area (Å²) in [5, 5.41) is 3.05. The molecule has 0 saturated carbocycles. The Bertz CT molecular complexity index is 1680. The van der Waals surface area contributed by atoms with Crippen LogP contribution in [-0.4, -0.2) is 69.4 Å². The number of quaternary nitrogens is 1. The summed E-state index contributed by atoms with van der Waals surface area (Å²) in [6.45, 7) is 6.78. The van der Waals surface area contributed by atoms with Gasteiger partial charge < -0.3 is 28.5 Å². The summed E-state index contributed by atoms with van der Waals surface area (Å²) in [6.07, 6.45) is 84.5. The third-order valence-corrected chi connectivity index (χ3v) is 17.1. The Morgan fingerprint density at radius 2 is 0.753 bits per heavy atom. The summed E-state index contributed by atoms with van der Waals surface area (Å²) in [5.41, 5.74) is 0. The van der Waals surface area contributed by atoms with Gasteiger partial charge in [-0.25, -0.2) is 0 Å². The van der Waals surface area contributed by atoms with E-state index in [4.69, 9.17) is 13.8 Å². The molecule has 9 nitrogen and oxygen atoms in total. The molecule has 3 atom stereocenters. The lowest BCUT2D eigenvalue weighted by atomic mass is 10.0. The number of carbonyl (C=O) groups is 2. The lowest BCUT2D eigenvalue weighted by molar-refractivity contribution is -0.870. The maximum atomic E-state index is 13.6. The van der Waals surface area contributed by atoms with E-state index in [2.05, 4.69) is 86.8 Å². The van der Waals surface area contributed by atoms with Crippen molar-refractivity contribution in [3.05, 3.63) is 72.9 Å². The van der Waals surface area contributed by atoms with Crippen LogP contribution >= 0.6 is 7.82 Å². The molecule has 1 amide bonds. The fraction of sp³-hybridized carbons (Fsp3) is 0.813. The molecule has 0 spiro atoms. The van der Waals surface area contributed by atoms with Crippen LogP contribution in [0.15, 0.2) is 72.9 Å². The molecule has 0 fully saturated rings. The zero-order chi connectivity index (χ0) is 62.1. The number of rotatable bonds is 66. The van der Waals surface area contributed by atoms with E-state index >= 15 is 0 Å². The van der Waals surface area contributed by atoms with Crippen LogP contribution in [0.25, 0.3) is 0 Å². The monoisotopic (exact) mass is 1210 g/mol. The molecule has 0 bridgehead atoms. The van der Waals surface area contributed by atoms with E-state index in [1.807, 2.05) is 33.3 Å². The maximum absolute atomic E-state index is 13.6. The van der Waals surface area contributed by atoms with Gasteiger partial charge in [0.15, 0.2) is 0 Å². The topological polar surface area (TPSA) is 114 Å². The number of ether oxygens (including phenoxy) is 1. The Morgan fingerprint density at radius 3 is 1.13 bits per heavy atom. The fourth-order valence-corrected chi connectivity index (χ4v) is 11.3. The van der Waals surface area contributed by atoms with Crippen molar-refractivity contribution in [1.29, 1.82) is 0 Å². The highest BCUT2D eigenvalue weighted by molar-refractivity contribution is 7.45. The average molecular weight is 1210 g/mol. The number of esters is 1. The summed E-state index contributed by atoms with van der Waals surface area (Å²) in [7, 11) is 1.19. The number of hydrogen-bond acceptors (Lipinski definition) is 7. The van der Waals surface area contributed by atoms with Gasteiger partial charge in [0.05, 0.1) is 33.8 Å². The molecule has 0 aliphatic carbocycles. The number of unbranched alkanes of at least 4 members (excludes halogenated alkanes) is 40. The number of nitrogens with one attached hydrogen (secondary N) is 1. The second-order valence-corrected chi connectivity index (χ2v) is 27.1. The van der Waals surface area contributed by atoms with Crippen LogP contribution in [0.2, 0.25) is 0 Å². The van der Waals surface area contributed by atoms with Crippen molar-refractivity contribution in [2.75, 3.05) is 40.9 Å². The van der Waals surface area contributed by atoms with E-state index < -0.39 is 20.0 Å². The normalized spacial score (nSPS) is 13.9. The second kappa shape index (κ2) is 64.4. The molecule has 0 aromatic carbocycles. The van der Waals surface area contributed by atoms with Gasteiger partial charge in [0.1, 0.15) is 19.3 Å². The summed E-state index contributed by atoms with van der Waals surface area (Å²) >= 11 is 0. The van der Waals surface area contributed by atoms with Gasteiger partial charge in [0.25, 0.3) is 7.82 Å². The van der Waals surface area contributed by atoms with Crippen LogP contribution in [0, 0.1) is 0 Å². The minimum Gasteiger partial charge on any atom is -0.756 e. The molecule has 0 radical (unpaired) electrons. The van der Waals surface area contributed by atoms with Crippen molar-refractivity contribution < 1.29 is 37.3 Å². The first-order chi connectivity index (χ1) is 41.4. The smallest absolute Gasteiger partial charge is 0.306 e. The molecule has 0 saturated heterocycles. The third-order valence-electron chi connectivity index (χ3n) is 16.2. The molecule has 1 N–H and O–H groups in total. The lowest BCUT2D eigenvalue weighted by Gasteiger charge is -2.30. The average Bonchev–Trinajstić information content (AvgIpc) is 3.53. The highest BCUT2D eigenvalue weighted by Gasteiger charge is 2.27. The summed E-state index contributed by atoms with van der Waals surface area (Å²) in [5.74, 6) is -0.530. The minimum absolute atomic E-state index is 0.0228. The van der Waals surface area contributed by atoms with E-state index in [0.29, 0.717) is 17.4 Å². The van der Waals surface area contributed by atoms with Crippen molar-refractivity contribution in [1.82, 2.24) is 5.32 Å². The molecule has 0 aromatic rings. The van der Waals surface area contributed by atoms with Gasteiger partial charge in [-0.15, -0.1) is 0 Å². The number of allylic oxidation sites excluding steroid dienone is 11. The van der Waals surface area contributed by atoms with Crippen LogP contribution in [0.5, 0.6) is 0 Å². The molecule has 0 heterocycles. The van der Waals surface area contributed by atoms with Crippen LogP contribution in [-0.2, 0) is 27.9 Å². The standard InChI is InChI=1S/C75H139N2O7P/c1-7-10-13-16-19-22-25-28-30-32-34-35-36-37-38-39-40-41-43-44-46-49-52-55-58-61-64-67-74(78)76-72(71-83-85(80,81)82-70-69-77(4,5)6)73(66-63-60-57-54-51-48-27-24-21-18-15-12-9-3)84-75(79)68-65-62-59-56-53-50-47-45-42-33-31-29-26-23-20-17-14-11-8-2/h10,13,19,22,28,30,34-35,37-38,63,66,72-73H,7-9,11-12,14-18,20-21,23-27,29,31-33,36,39-62,64-65,67-71H2,1-6H3,(H-,76,78,80,81)/b13-10-,22-19-,30-28-,35-34-,38-37-,66-63-. The number of phosphoric ester groups is 1. The van der Waals surface area contributed by atoms with Crippen LogP contribution in [0.3, 0.4) is 0 Å². The van der Waals surface area contributed by atoms with Crippen molar-refractivity contribution in [2.45, 2.75) is 354 Å². The number of nitrogens with zero attached hydrogens (tertiary/aromatic N) is 1. The van der Waals surface area contributed by atoms with E-state index in [0.717, 1.165) is 96.3 Å². The summed E-state index contributed by atoms with van der Waals surface area (Å²) < 4.78 is 30.5. The van der Waals surface area contributed by atoms with Crippen LogP contribution in [0.4, 0.5) is 0 Å². The Balaban J connectivity index is 5.06. The first-order valence-corrected chi connectivity index (χ1v) is 37.7. The number of hydrogen-bond donors (Lipinski definition) is 1. The molecule has 0 aromatic heterocycles. The first kappa shape index (κ1) is 82.5. The molecular weight excluding hydrogens is 1070 g/mol. The van der Waals surface area contributed by atoms with Crippen LogP contribution < -0.4 is 10.2 Å². The largest absolute Gasteiger partial charge is 0.756 e. The third kappa shape index (κ3) is 65.7. The van der Waals surface area contributed by atoms with Crippen molar-refractivity contribution in [2.24, 2.45) is 0 Å². The molecule has 0 aliphatic heterocycles. The van der Waals surface area contributed by atoms with Gasteiger partial charge in [0.2, 0.25) is 5.91 Å². The Morgan fingerprint density at radius 1 is 0.424 bits per heavy atom. The van der Waals surface area contributed by atoms with E-state index in [1.54, 1.807) is 0 Å². The van der Waals surface area contributed by atoms with Crippen molar-refractivity contribution in [3.63, 3.8) is 0 Å². The van der Waals surface area contributed by atoms with Crippen molar-refractivity contribution in [3.8, 4) is 0 Å². The Labute approximate surface area is 527 Å². The molecule has 10 heteroatoms. The van der Waals surface area contributed by atoms with Gasteiger partial charge in [-0.05, 0) is 76.7 Å². The quantitative estimate of drug-likeness (QED) is 0.0212. The number of likely N-dealkylation sites (N-methyl/N-ethyl adjacent to an activating group) is 1. The Kier molecular flexibility index (Phi) is 62.5. The molecule has 3 unspecified atom stereocenters. The number of phosphoric acid groups is 1. The van der Waals surface area contributed by atoms with E-state index in [9.17, 15) is 19.0 Å². The number of carbonyl (C=O) groups excluding carboxylic acids is 2. The highest BCUT2D eigenvalue weighted by atomic mass is 31.2. The van der Waals surface area contributed by atoms with Crippen molar-refractivity contribution >= 4 is 19.7 Å². The minimum atomic E-state index is -4.71. The first-order valence-electron chi connectivity index (χ1n) is 36.2. The zero-order valence-corrected chi connectivity index (χ0v) is 57.7. The lowest BCUT2D eigenvalue weighted by Crippen LogP contribution is -2.47. The molecule has 0 rings (SSSR count). The van der Waals surface area contributed by atoms with Gasteiger partial charge in [-0.1, -0.05) is 325 Å². The SMILES string of the molecule is CC/C=C\C/C=C\C/C=C\C/C=C\C/C=C\CCCCCCCCCCCCCC(=O)NC(COP(=O)([O-])OCC[N+](C)(C)C)C(/C=C\CCCCCCCCCCCCC)OC(=O)CCCCCCCCCCCCCCCCCCCCC. The van der Waals surface area contributed by atoms with Gasteiger partial charge >= 0.3 is 5.97 Å². The van der Waals surface area contributed by atoms with Crippen LogP contribution in [0.1, 0.15) is 342 Å². The Hall–Kier alpha value is -2.55. The van der Waals surface area contributed by atoms with Gasteiger partial charge in [0, 0.05) is 12.8 Å². The van der Waals surface area contributed by atoms with E-state index in [1.165, 1.54) is 212 Å². The van der Waals surface area contributed by atoms with E-state index in [-0.39, 0.29) is 31.5 Å². The number of amides is 1. The maximum Gasteiger partial charge on any atom is 0.306 e. The zero-order valence-electron chi connectivity index (χ0n) is 56.8. The summed E-state index contributed by atoms with van der Waals surface area (Å²) in [4.78, 5) is 40.2. The molecular formula is C75H139N2O7P. The predicted octanol–water partition coefficient (Wildman–Crippen LogP) is 22.5. The van der Waals surface area contributed by atoms with Gasteiger partial charge in [-0.2, -0.15) is 0 Å². The van der Waals surface area contributed by atoms with Gasteiger partial charge in [-0.3, -0.25) is 14.2 Å². The highest BCUT2D eigenvalue weighted by Crippen LogP contribution is 2.38. The fourth-order valence-electron chi connectivity index (χ4n) is 10.6. The predicted molar refractivity (Wildman–Crippen MR) is 367 cm³/mol. The summed E-state index contributed by atoms with van der Waals surface area (Å²) in [6, 6.07) is -0.891.